The van der Waals surface area contributed by atoms with E-state index in [9.17, 15) is 4.79 Å². The van der Waals surface area contributed by atoms with Crippen LogP contribution in [0, 0.1) is 0 Å². The Morgan fingerprint density at radius 3 is 2.53 bits per heavy atom. The van der Waals surface area contributed by atoms with Crippen LogP contribution in [0.5, 0.6) is 11.5 Å². The third kappa shape index (κ3) is 5.80. The van der Waals surface area contributed by atoms with E-state index in [4.69, 9.17) is 32.7 Å². The Kier molecular flexibility index (Phi) is 8.26. The summed E-state index contributed by atoms with van der Waals surface area (Å²) in [6.07, 6.45) is 1.77. The summed E-state index contributed by atoms with van der Waals surface area (Å²) in [7, 11) is 1.56. The van der Waals surface area contributed by atoms with E-state index in [2.05, 4.69) is 42.2 Å². The fraction of sp³-hybridized carbons (Fsp3) is 0.0833. The highest BCUT2D eigenvalue weighted by molar-refractivity contribution is 9.13. The van der Waals surface area contributed by atoms with Gasteiger partial charge in [0.05, 0.1) is 32.2 Å². The summed E-state index contributed by atoms with van der Waals surface area (Å²) >= 11 is 20.5. The van der Waals surface area contributed by atoms with Crippen molar-refractivity contribution in [3.63, 3.8) is 0 Å². The Bertz CT molecular complexity index is 1320. The van der Waals surface area contributed by atoms with Crippen molar-refractivity contribution in [2.75, 3.05) is 7.11 Å². The molecule has 0 radical (unpaired) electrons. The summed E-state index contributed by atoms with van der Waals surface area (Å²) in [4.78, 5) is 17.5. The molecule has 0 bridgehead atoms. The predicted molar refractivity (Wildman–Crippen MR) is 146 cm³/mol. The maximum Gasteiger partial charge on any atom is 0.264 e. The van der Waals surface area contributed by atoms with E-state index in [0.717, 1.165) is 16.8 Å². The van der Waals surface area contributed by atoms with Crippen LogP contribution in [0.4, 0.5) is 5.69 Å². The number of carbonyl (C=O) groups is 1. The van der Waals surface area contributed by atoms with Crippen LogP contribution < -0.4 is 14.8 Å². The molecule has 1 aliphatic rings. The largest absolute Gasteiger partial charge is 0.493 e. The minimum absolute atomic E-state index is 0.221. The average molecular weight is 643 g/mol. The molecule has 174 valence electrons. The van der Waals surface area contributed by atoms with Crippen molar-refractivity contribution in [2.24, 2.45) is 4.99 Å². The van der Waals surface area contributed by atoms with E-state index >= 15 is 0 Å². The third-order valence-corrected chi connectivity index (χ3v) is 8.46. The maximum atomic E-state index is 12.5. The number of amides is 1. The van der Waals surface area contributed by atoms with Gasteiger partial charge in [-0.15, -0.1) is 0 Å². The molecule has 1 amide bonds. The number of aliphatic imine (C=N–C) groups is 1. The molecule has 5 nitrogen and oxygen atoms in total. The van der Waals surface area contributed by atoms with Crippen LogP contribution in [-0.2, 0) is 11.4 Å². The zero-order valence-corrected chi connectivity index (χ0v) is 23.1. The van der Waals surface area contributed by atoms with Crippen molar-refractivity contribution in [3.05, 3.63) is 89.6 Å². The van der Waals surface area contributed by atoms with E-state index in [-0.39, 0.29) is 12.5 Å². The summed E-state index contributed by atoms with van der Waals surface area (Å²) in [5.41, 5.74) is 2.36. The van der Waals surface area contributed by atoms with Crippen molar-refractivity contribution in [1.82, 2.24) is 5.32 Å². The lowest BCUT2D eigenvalue weighted by Crippen LogP contribution is -2.19. The number of amidine groups is 1. The van der Waals surface area contributed by atoms with Gasteiger partial charge in [0.25, 0.3) is 5.91 Å². The number of rotatable bonds is 6. The molecule has 0 unspecified atom stereocenters. The molecule has 0 saturated carbocycles. The maximum absolute atomic E-state index is 12.5. The van der Waals surface area contributed by atoms with Crippen LogP contribution in [0.2, 0.25) is 10.0 Å². The Morgan fingerprint density at radius 2 is 1.82 bits per heavy atom. The van der Waals surface area contributed by atoms with E-state index in [0.29, 0.717) is 40.6 Å². The van der Waals surface area contributed by atoms with Gasteiger partial charge in [-0.2, -0.15) is 0 Å². The second-order valence-electron chi connectivity index (χ2n) is 6.98. The second-order valence-corrected chi connectivity index (χ2v) is 10.4. The van der Waals surface area contributed by atoms with Crippen LogP contribution in [0.3, 0.4) is 0 Å². The lowest BCUT2D eigenvalue weighted by atomic mass is 10.1. The average Bonchev–Trinajstić information content (AvgIpc) is 3.17. The Balaban J connectivity index is 1.59. The smallest absolute Gasteiger partial charge is 0.264 e. The van der Waals surface area contributed by atoms with Gasteiger partial charge in [-0.25, -0.2) is 4.99 Å². The minimum atomic E-state index is -0.221. The Labute approximate surface area is 227 Å². The molecule has 0 aliphatic carbocycles. The highest BCUT2D eigenvalue weighted by Crippen LogP contribution is 2.44. The first-order chi connectivity index (χ1) is 16.4. The number of hydrogen-bond donors (Lipinski definition) is 1. The van der Waals surface area contributed by atoms with Crippen LogP contribution >= 0.6 is 66.8 Å². The molecular weight excluding hydrogens is 627 g/mol. The van der Waals surface area contributed by atoms with Gasteiger partial charge >= 0.3 is 0 Å². The molecule has 1 saturated heterocycles. The number of methoxy groups -OCH3 is 1. The number of hydrogen-bond acceptors (Lipinski definition) is 5. The van der Waals surface area contributed by atoms with Crippen LogP contribution in [0.15, 0.2) is 73.4 Å². The molecule has 1 heterocycles. The van der Waals surface area contributed by atoms with Crippen molar-refractivity contribution in [3.8, 4) is 11.5 Å². The first kappa shape index (κ1) is 25.1. The highest BCUT2D eigenvalue weighted by Gasteiger charge is 2.25. The summed E-state index contributed by atoms with van der Waals surface area (Å²) in [6, 6.07) is 16.6. The SMILES string of the molecule is COc1cc(/C=C2\SC(=Nc3ccccc3)NC2=O)c(Br)c(Br)c1OCc1ccc(Cl)c(Cl)c1. The lowest BCUT2D eigenvalue weighted by Gasteiger charge is -2.16. The molecule has 0 atom stereocenters. The second kappa shape index (κ2) is 11.2. The molecule has 4 rings (SSSR count). The van der Waals surface area contributed by atoms with Crippen LogP contribution in [0.1, 0.15) is 11.1 Å². The number of benzene rings is 3. The molecule has 1 fully saturated rings. The number of halogens is 4. The van der Waals surface area contributed by atoms with Crippen LogP contribution in [0.25, 0.3) is 6.08 Å². The van der Waals surface area contributed by atoms with Crippen LogP contribution in [-0.4, -0.2) is 18.2 Å². The number of carbonyl (C=O) groups excluding carboxylic acids is 1. The van der Waals surface area contributed by atoms with Gasteiger partial charge in [-0.05, 0) is 91.2 Å². The molecule has 3 aromatic carbocycles. The lowest BCUT2D eigenvalue weighted by molar-refractivity contribution is -0.115. The monoisotopic (exact) mass is 640 g/mol. The van der Waals surface area contributed by atoms with Crippen molar-refractivity contribution >= 4 is 89.7 Å². The zero-order chi connectivity index (χ0) is 24.2. The normalized spacial score (nSPS) is 15.6. The zero-order valence-electron chi connectivity index (χ0n) is 17.6. The number of nitrogens with zero attached hydrogens (tertiary/aromatic N) is 1. The van der Waals surface area contributed by atoms with E-state index in [1.807, 2.05) is 36.4 Å². The van der Waals surface area contributed by atoms with Gasteiger partial charge < -0.3 is 14.8 Å². The topological polar surface area (TPSA) is 59.9 Å². The molecule has 3 aromatic rings. The van der Waals surface area contributed by atoms with Gasteiger partial charge in [0, 0.05) is 4.47 Å². The van der Waals surface area contributed by atoms with Crippen molar-refractivity contribution in [2.45, 2.75) is 6.61 Å². The molecule has 10 heteroatoms. The molecule has 0 aromatic heterocycles. The van der Waals surface area contributed by atoms with E-state index in [1.165, 1.54) is 11.8 Å². The van der Waals surface area contributed by atoms with Crippen molar-refractivity contribution in [1.29, 1.82) is 0 Å². The minimum Gasteiger partial charge on any atom is -0.493 e. The molecule has 1 N–H and O–H groups in total. The van der Waals surface area contributed by atoms with Gasteiger partial charge in [0.2, 0.25) is 0 Å². The van der Waals surface area contributed by atoms with Gasteiger partial charge in [-0.3, -0.25) is 4.79 Å². The molecular formula is C24H16Br2Cl2N2O3S. The van der Waals surface area contributed by atoms with Crippen molar-refractivity contribution < 1.29 is 14.3 Å². The summed E-state index contributed by atoms with van der Waals surface area (Å²) in [5.74, 6) is 0.794. The fourth-order valence-electron chi connectivity index (χ4n) is 3.02. The standard InChI is InChI=1S/C24H16Br2Cl2N2O3S/c1-32-18-10-14(11-19-23(31)30-24(34-19)29-15-5-3-2-4-6-15)20(25)21(26)22(18)33-12-13-7-8-16(27)17(28)9-13/h2-11H,12H2,1H3,(H,29,30,31)/b19-11-. The first-order valence-corrected chi connectivity index (χ1v) is 13.0. The Morgan fingerprint density at radius 1 is 1.06 bits per heavy atom. The third-order valence-electron chi connectivity index (χ3n) is 4.67. The first-order valence-electron chi connectivity index (χ1n) is 9.83. The molecule has 34 heavy (non-hydrogen) atoms. The Hall–Kier alpha value is -1.97. The van der Waals surface area contributed by atoms with Gasteiger partial charge in [0.1, 0.15) is 6.61 Å². The quantitative estimate of drug-likeness (QED) is 0.277. The summed E-state index contributed by atoms with van der Waals surface area (Å²) in [5, 5.41) is 4.26. The summed E-state index contributed by atoms with van der Waals surface area (Å²) in [6.45, 7) is 0.260. The van der Waals surface area contributed by atoms with Gasteiger partial charge in [0.15, 0.2) is 16.7 Å². The van der Waals surface area contributed by atoms with E-state index in [1.54, 1.807) is 31.4 Å². The number of thioether (sulfide) groups is 1. The fourth-order valence-corrected chi connectivity index (χ4v) is 5.12. The predicted octanol–water partition coefficient (Wildman–Crippen LogP) is 8.00. The van der Waals surface area contributed by atoms with Gasteiger partial charge in [-0.1, -0.05) is 47.5 Å². The van der Waals surface area contributed by atoms with E-state index < -0.39 is 0 Å². The number of nitrogens with one attached hydrogen (secondary N) is 1. The molecule has 0 spiro atoms. The highest BCUT2D eigenvalue weighted by atomic mass is 79.9. The summed E-state index contributed by atoms with van der Waals surface area (Å²) < 4.78 is 13.0. The molecule has 1 aliphatic heterocycles. The number of ether oxygens (including phenoxy) is 2. The number of para-hydroxylation sites is 1.